The van der Waals surface area contributed by atoms with E-state index in [9.17, 15) is 19.2 Å². The zero-order valence-corrected chi connectivity index (χ0v) is 13.8. The summed E-state index contributed by atoms with van der Waals surface area (Å²) < 4.78 is 0. The van der Waals surface area contributed by atoms with Gasteiger partial charge in [-0.25, -0.2) is 14.5 Å². The molecule has 1 aliphatic rings. The number of carboxylic acid groups (broad SMARTS) is 1. The Bertz CT molecular complexity index is 927. The van der Waals surface area contributed by atoms with E-state index in [1.807, 2.05) is 13.0 Å². The minimum absolute atomic E-state index is 0.0227. The molecular formula is C17H12N2O5S. The summed E-state index contributed by atoms with van der Waals surface area (Å²) in [4.78, 5) is 50.2. The number of rotatable bonds is 3. The van der Waals surface area contributed by atoms with Crippen LogP contribution in [0.2, 0.25) is 0 Å². The zero-order valence-electron chi connectivity index (χ0n) is 13.0. The maximum Gasteiger partial charge on any atom is 0.335 e. The smallest absolute Gasteiger partial charge is 0.335 e. The van der Waals surface area contributed by atoms with Crippen molar-refractivity contribution >= 4 is 46.9 Å². The van der Waals surface area contributed by atoms with Crippen molar-refractivity contribution in [3.05, 3.63) is 57.3 Å². The highest BCUT2D eigenvalue weighted by atomic mass is 32.1. The van der Waals surface area contributed by atoms with E-state index in [0.717, 1.165) is 9.78 Å². The average Bonchev–Trinajstić information content (AvgIpc) is 2.97. The van der Waals surface area contributed by atoms with Crippen LogP contribution in [0.4, 0.5) is 10.5 Å². The summed E-state index contributed by atoms with van der Waals surface area (Å²) in [6.07, 6.45) is 1.43. The Morgan fingerprint density at radius 1 is 1.12 bits per heavy atom. The van der Waals surface area contributed by atoms with E-state index < -0.39 is 23.8 Å². The van der Waals surface area contributed by atoms with Gasteiger partial charge >= 0.3 is 12.0 Å². The number of nitrogens with zero attached hydrogens (tertiary/aromatic N) is 1. The number of anilines is 1. The van der Waals surface area contributed by atoms with Crippen LogP contribution in [-0.4, -0.2) is 28.9 Å². The van der Waals surface area contributed by atoms with Crippen molar-refractivity contribution in [2.45, 2.75) is 6.92 Å². The molecule has 1 aromatic carbocycles. The van der Waals surface area contributed by atoms with E-state index in [-0.39, 0.29) is 16.8 Å². The van der Waals surface area contributed by atoms with Gasteiger partial charge in [-0.15, -0.1) is 11.3 Å². The van der Waals surface area contributed by atoms with Gasteiger partial charge in [-0.3, -0.25) is 14.9 Å². The van der Waals surface area contributed by atoms with Crippen LogP contribution in [0, 0.1) is 6.92 Å². The first-order valence-electron chi connectivity index (χ1n) is 7.18. The highest BCUT2D eigenvalue weighted by molar-refractivity contribution is 7.12. The van der Waals surface area contributed by atoms with Gasteiger partial charge < -0.3 is 5.11 Å². The Kier molecular flexibility index (Phi) is 4.20. The maximum absolute atomic E-state index is 12.6. The molecule has 2 heterocycles. The first kappa shape index (κ1) is 16.6. The summed E-state index contributed by atoms with van der Waals surface area (Å²) >= 11 is 1.41. The molecule has 0 atom stereocenters. The number of urea groups is 1. The number of nitrogens with one attached hydrogen (secondary N) is 1. The minimum atomic E-state index is -1.12. The molecule has 7 nitrogen and oxygen atoms in total. The summed E-state index contributed by atoms with van der Waals surface area (Å²) in [5, 5.41) is 11.0. The molecule has 2 aromatic rings. The average molecular weight is 356 g/mol. The summed E-state index contributed by atoms with van der Waals surface area (Å²) in [7, 11) is 0. The van der Waals surface area contributed by atoms with Gasteiger partial charge in [0.1, 0.15) is 5.57 Å². The van der Waals surface area contributed by atoms with Gasteiger partial charge in [-0.05, 0) is 49.4 Å². The number of carbonyl (C=O) groups is 4. The lowest BCUT2D eigenvalue weighted by Gasteiger charge is -2.26. The Morgan fingerprint density at radius 2 is 1.80 bits per heavy atom. The molecular weight excluding hydrogens is 344 g/mol. The Balaban J connectivity index is 1.98. The topological polar surface area (TPSA) is 104 Å². The molecule has 8 heteroatoms. The molecule has 1 aromatic heterocycles. The number of hydrogen-bond donors (Lipinski definition) is 2. The van der Waals surface area contributed by atoms with Crippen molar-refractivity contribution in [3.8, 4) is 0 Å². The predicted octanol–water partition coefficient (Wildman–Crippen LogP) is 2.42. The van der Waals surface area contributed by atoms with Crippen LogP contribution in [0.3, 0.4) is 0 Å². The Morgan fingerprint density at radius 3 is 2.36 bits per heavy atom. The van der Waals surface area contributed by atoms with Crippen LogP contribution in [0.25, 0.3) is 6.08 Å². The molecule has 0 unspecified atom stereocenters. The molecule has 0 saturated carbocycles. The van der Waals surface area contributed by atoms with Crippen LogP contribution in [-0.2, 0) is 9.59 Å². The van der Waals surface area contributed by atoms with Gasteiger partial charge in [-0.1, -0.05) is 0 Å². The van der Waals surface area contributed by atoms with Crippen LogP contribution in [0.1, 0.15) is 20.1 Å². The number of aryl methyl sites for hydroxylation is 1. The number of imide groups is 2. The summed E-state index contributed by atoms with van der Waals surface area (Å²) in [5.41, 5.74) is 0.0338. The molecule has 0 radical (unpaired) electrons. The molecule has 4 amide bonds. The van der Waals surface area contributed by atoms with E-state index in [4.69, 9.17) is 5.11 Å². The van der Waals surface area contributed by atoms with Crippen molar-refractivity contribution in [3.63, 3.8) is 0 Å². The van der Waals surface area contributed by atoms with Gasteiger partial charge in [0.05, 0.1) is 11.3 Å². The zero-order chi connectivity index (χ0) is 18.1. The number of amides is 4. The van der Waals surface area contributed by atoms with Crippen LogP contribution in [0.5, 0.6) is 0 Å². The van der Waals surface area contributed by atoms with Gasteiger partial charge in [0, 0.05) is 9.75 Å². The molecule has 0 bridgehead atoms. The van der Waals surface area contributed by atoms with E-state index in [1.54, 1.807) is 6.07 Å². The Hall–Kier alpha value is -3.26. The predicted molar refractivity (Wildman–Crippen MR) is 91.5 cm³/mol. The van der Waals surface area contributed by atoms with Crippen molar-refractivity contribution in [2.24, 2.45) is 0 Å². The summed E-state index contributed by atoms with van der Waals surface area (Å²) in [6.45, 7) is 1.90. The van der Waals surface area contributed by atoms with Crippen LogP contribution < -0.4 is 10.2 Å². The molecule has 3 rings (SSSR count). The number of benzene rings is 1. The normalized spacial score (nSPS) is 16.3. The second-order valence-corrected chi connectivity index (χ2v) is 6.58. The van der Waals surface area contributed by atoms with Gasteiger partial charge in [-0.2, -0.15) is 0 Å². The lowest BCUT2D eigenvalue weighted by atomic mass is 10.1. The number of thiophene rings is 1. The molecule has 1 fully saturated rings. The quantitative estimate of drug-likeness (QED) is 0.649. The van der Waals surface area contributed by atoms with E-state index >= 15 is 0 Å². The standard InChI is InChI=1S/C17H12N2O5S/c1-9-2-7-12(25-9)8-13-14(20)18-17(24)19(15(13)21)11-5-3-10(4-6-11)16(22)23/h2-8H,1H3,(H,22,23)(H,18,20,24)/b13-8-. The molecule has 1 saturated heterocycles. The van der Waals surface area contributed by atoms with Gasteiger partial charge in [0.15, 0.2) is 0 Å². The van der Waals surface area contributed by atoms with Gasteiger partial charge in [0.2, 0.25) is 0 Å². The third-order valence-corrected chi connectivity index (χ3v) is 4.47. The lowest BCUT2D eigenvalue weighted by Crippen LogP contribution is -2.54. The fourth-order valence-corrected chi connectivity index (χ4v) is 3.14. The largest absolute Gasteiger partial charge is 0.478 e. The van der Waals surface area contributed by atoms with Gasteiger partial charge in [0.25, 0.3) is 11.8 Å². The third-order valence-electron chi connectivity index (χ3n) is 3.52. The molecule has 126 valence electrons. The monoisotopic (exact) mass is 356 g/mol. The molecule has 1 aliphatic heterocycles. The maximum atomic E-state index is 12.6. The fourth-order valence-electron chi connectivity index (χ4n) is 2.32. The van der Waals surface area contributed by atoms with E-state index in [2.05, 4.69) is 5.32 Å². The number of carboxylic acids is 1. The van der Waals surface area contributed by atoms with Crippen molar-refractivity contribution in [1.82, 2.24) is 5.32 Å². The molecule has 25 heavy (non-hydrogen) atoms. The second-order valence-electron chi connectivity index (χ2n) is 5.26. The molecule has 0 spiro atoms. The number of barbiturate groups is 1. The number of carbonyl (C=O) groups excluding carboxylic acids is 3. The molecule has 0 aliphatic carbocycles. The minimum Gasteiger partial charge on any atom is -0.478 e. The molecule has 2 N–H and O–H groups in total. The number of aromatic carboxylic acids is 1. The van der Waals surface area contributed by atoms with Crippen LogP contribution >= 0.6 is 11.3 Å². The lowest BCUT2D eigenvalue weighted by molar-refractivity contribution is -0.122. The first-order chi connectivity index (χ1) is 11.9. The van der Waals surface area contributed by atoms with Crippen molar-refractivity contribution in [1.29, 1.82) is 0 Å². The van der Waals surface area contributed by atoms with Crippen molar-refractivity contribution < 1.29 is 24.3 Å². The van der Waals surface area contributed by atoms with Crippen molar-refractivity contribution in [2.75, 3.05) is 4.90 Å². The van der Waals surface area contributed by atoms with Crippen LogP contribution in [0.15, 0.2) is 42.0 Å². The number of hydrogen-bond acceptors (Lipinski definition) is 5. The second kappa shape index (κ2) is 6.33. The fraction of sp³-hybridized carbons (Fsp3) is 0.0588. The van der Waals surface area contributed by atoms with E-state index in [0.29, 0.717) is 4.88 Å². The summed E-state index contributed by atoms with van der Waals surface area (Å²) in [6, 6.07) is 7.98. The summed E-state index contributed by atoms with van der Waals surface area (Å²) in [5.74, 6) is -2.65. The SMILES string of the molecule is Cc1ccc(/C=C2/C(=O)NC(=O)N(c3ccc(C(=O)O)cc3)C2=O)s1. The first-order valence-corrected chi connectivity index (χ1v) is 8.00. The Labute approximate surface area is 146 Å². The highest BCUT2D eigenvalue weighted by Crippen LogP contribution is 2.24. The third kappa shape index (κ3) is 3.20. The highest BCUT2D eigenvalue weighted by Gasteiger charge is 2.36. The van der Waals surface area contributed by atoms with E-state index in [1.165, 1.54) is 41.7 Å².